The topological polar surface area (TPSA) is 89.4 Å². The number of nitriles is 1. The summed E-state index contributed by atoms with van der Waals surface area (Å²) in [6.07, 6.45) is 3.81. The van der Waals surface area contributed by atoms with Gasteiger partial charge in [-0.05, 0) is 48.0 Å². The van der Waals surface area contributed by atoms with Gasteiger partial charge >= 0.3 is 5.97 Å². The maximum absolute atomic E-state index is 13.5. The summed E-state index contributed by atoms with van der Waals surface area (Å²) >= 11 is 1.36. The first-order valence-corrected chi connectivity index (χ1v) is 11.4. The maximum atomic E-state index is 13.5. The number of nitrogens with zero attached hydrogens (tertiary/aromatic N) is 4. The molecule has 166 valence electrons. The number of hydrogen-bond donors (Lipinski definition) is 0. The van der Waals surface area contributed by atoms with Crippen LogP contribution in [-0.2, 0) is 10.5 Å². The number of fused-ring (bicyclic) bond motifs is 2. The summed E-state index contributed by atoms with van der Waals surface area (Å²) in [5.74, 6) is -0.0595. The fourth-order valence-corrected chi connectivity index (χ4v) is 4.85. The first-order chi connectivity index (χ1) is 16.6. The minimum atomic E-state index is -0.496. The third-order valence-electron chi connectivity index (χ3n) is 5.50. The standard InChI is InChI=1S/C26H18N4O3S/c1-33-25(32)17-10-11-20-22(13-17)28-26(30(24(20)31)19-7-3-2-4-8-19)34-16-18-15-29-12-6-5-9-23(29)21(18)14-27/h2-13,15H,16H2,1H3. The van der Waals surface area contributed by atoms with Gasteiger partial charge in [0.1, 0.15) is 6.07 Å². The minimum Gasteiger partial charge on any atom is -0.465 e. The maximum Gasteiger partial charge on any atom is 0.337 e. The van der Waals surface area contributed by atoms with Gasteiger partial charge in [-0.3, -0.25) is 9.36 Å². The Hall–Kier alpha value is -4.35. The van der Waals surface area contributed by atoms with E-state index in [0.29, 0.717) is 38.6 Å². The number of methoxy groups -OCH3 is 1. The molecule has 0 radical (unpaired) electrons. The van der Waals surface area contributed by atoms with Crippen molar-refractivity contribution in [3.05, 3.63) is 106 Å². The van der Waals surface area contributed by atoms with Crippen LogP contribution in [0.1, 0.15) is 21.5 Å². The molecule has 0 bridgehead atoms. The number of pyridine rings is 1. The van der Waals surface area contributed by atoms with Crippen molar-refractivity contribution in [1.82, 2.24) is 14.0 Å². The summed E-state index contributed by atoms with van der Waals surface area (Å²) in [4.78, 5) is 30.3. The van der Waals surface area contributed by atoms with Crippen LogP contribution in [0.5, 0.6) is 0 Å². The average Bonchev–Trinajstić information content (AvgIpc) is 3.24. The summed E-state index contributed by atoms with van der Waals surface area (Å²) in [6, 6.07) is 22.0. The molecule has 0 aliphatic rings. The predicted molar refractivity (Wildman–Crippen MR) is 130 cm³/mol. The second-order valence-corrected chi connectivity index (χ2v) is 8.46. The highest BCUT2D eigenvalue weighted by Gasteiger charge is 2.17. The van der Waals surface area contributed by atoms with E-state index in [1.807, 2.05) is 65.3 Å². The number of carbonyl (C=O) groups excluding carboxylic acids is 1. The zero-order chi connectivity index (χ0) is 23.7. The molecule has 0 unspecified atom stereocenters. The number of para-hydroxylation sites is 1. The van der Waals surface area contributed by atoms with Crippen molar-refractivity contribution in [2.75, 3.05) is 7.11 Å². The van der Waals surface area contributed by atoms with E-state index in [2.05, 4.69) is 6.07 Å². The number of aromatic nitrogens is 3. The first kappa shape index (κ1) is 21.5. The van der Waals surface area contributed by atoms with Crippen LogP contribution in [0.25, 0.3) is 22.1 Å². The number of hydrogen-bond acceptors (Lipinski definition) is 6. The largest absolute Gasteiger partial charge is 0.465 e. The molecule has 0 N–H and O–H groups in total. The van der Waals surface area contributed by atoms with Crippen LogP contribution < -0.4 is 5.56 Å². The molecule has 0 aliphatic carbocycles. The second kappa shape index (κ2) is 8.89. The van der Waals surface area contributed by atoms with Crippen molar-refractivity contribution >= 4 is 34.2 Å². The van der Waals surface area contributed by atoms with Gasteiger partial charge in [0.15, 0.2) is 5.16 Å². The van der Waals surface area contributed by atoms with Gasteiger partial charge in [0.2, 0.25) is 0 Å². The molecular formula is C26H18N4O3S. The van der Waals surface area contributed by atoms with Crippen LogP contribution >= 0.6 is 11.8 Å². The Bertz CT molecular complexity index is 1650. The van der Waals surface area contributed by atoms with Crippen molar-refractivity contribution < 1.29 is 9.53 Å². The van der Waals surface area contributed by atoms with Gasteiger partial charge in [-0.1, -0.05) is 36.0 Å². The Morgan fingerprint density at radius 2 is 1.91 bits per heavy atom. The molecule has 0 amide bonds. The summed E-state index contributed by atoms with van der Waals surface area (Å²) in [6.45, 7) is 0. The SMILES string of the molecule is COC(=O)c1ccc2c(=O)n(-c3ccccc3)c(SCc3cn4ccccc4c3C#N)nc2c1. The fourth-order valence-electron chi connectivity index (χ4n) is 3.87. The quantitative estimate of drug-likeness (QED) is 0.214. The van der Waals surface area contributed by atoms with Crippen LogP contribution in [0.3, 0.4) is 0 Å². The zero-order valence-electron chi connectivity index (χ0n) is 18.1. The van der Waals surface area contributed by atoms with Gasteiger partial charge in [-0.25, -0.2) is 9.78 Å². The second-order valence-electron chi connectivity index (χ2n) is 7.52. The lowest BCUT2D eigenvalue weighted by molar-refractivity contribution is 0.0601. The Kier molecular flexibility index (Phi) is 5.62. The summed E-state index contributed by atoms with van der Waals surface area (Å²) in [5, 5.41) is 10.6. The van der Waals surface area contributed by atoms with E-state index in [1.165, 1.54) is 18.9 Å². The molecule has 34 heavy (non-hydrogen) atoms. The van der Waals surface area contributed by atoms with Gasteiger partial charge in [0.25, 0.3) is 5.56 Å². The van der Waals surface area contributed by atoms with E-state index in [0.717, 1.165) is 11.1 Å². The fraction of sp³-hybridized carbons (Fsp3) is 0.0769. The van der Waals surface area contributed by atoms with Crippen LogP contribution in [0.2, 0.25) is 0 Å². The van der Waals surface area contributed by atoms with Crippen LogP contribution in [0, 0.1) is 11.3 Å². The normalized spacial score (nSPS) is 10.9. The van der Waals surface area contributed by atoms with Crippen molar-refractivity contribution in [2.24, 2.45) is 0 Å². The van der Waals surface area contributed by atoms with Crippen LogP contribution in [0.15, 0.2) is 89.1 Å². The van der Waals surface area contributed by atoms with Crippen molar-refractivity contribution in [2.45, 2.75) is 10.9 Å². The number of thioether (sulfide) groups is 1. The van der Waals surface area contributed by atoms with Gasteiger partial charge in [0.05, 0.1) is 40.3 Å². The molecule has 5 rings (SSSR count). The number of rotatable bonds is 5. The Morgan fingerprint density at radius 3 is 2.68 bits per heavy atom. The Morgan fingerprint density at radius 1 is 1.12 bits per heavy atom. The summed E-state index contributed by atoms with van der Waals surface area (Å²) in [5.41, 5.74) is 3.44. The molecule has 2 aromatic carbocycles. The van der Waals surface area contributed by atoms with E-state index in [-0.39, 0.29) is 5.56 Å². The van der Waals surface area contributed by atoms with Gasteiger partial charge in [-0.15, -0.1) is 0 Å². The van der Waals surface area contributed by atoms with Crippen LogP contribution in [-0.4, -0.2) is 27.0 Å². The third kappa shape index (κ3) is 3.72. The van der Waals surface area contributed by atoms with E-state index < -0.39 is 5.97 Å². The molecular weight excluding hydrogens is 448 g/mol. The molecule has 7 nitrogen and oxygen atoms in total. The first-order valence-electron chi connectivity index (χ1n) is 10.4. The lowest BCUT2D eigenvalue weighted by Gasteiger charge is -2.13. The predicted octanol–water partition coefficient (Wildman–Crippen LogP) is 4.59. The summed E-state index contributed by atoms with van der Waals surface area (Å²) in [7, 11) is 1.31. The molecule has 0 spiro atoms. The monoisotopic (exact) mass is 466 g/mol. The molecule has 0 saturated carbocycles. The molecule has 0 atom stereocenters. The molecule has 0 saturated heterocycles. The number of ether oxygens (including phenoxy) is 1. The van der Waals surface area contributed by atoms with Crippen molar-refractivity contribution in [3.8, 4) is 11.8 Å². The zero-order valence-corrected chi connectivity index (χ0v) is 19.0. The highest BCUT2D eigenvalue weighted by Crippen LogP contribution is 2.28. The van der Waals surface area contributed by atoms with Gasteiger partial charge < -0.3 is 9.14 Å². The van der Waals surface area contributed by atoms with E-state index in [1.54, 1.807) is 22.8 Å². The van der Waals surface area contributed by atoms with Crippen LogP contribution in [0.4, 0.5) is 0 Å². The molecule has 0 fully saturated rings. The molecule has 3 heterocycles. The highest BCUT2D eigenvalue weighted by atomic mass is 32.2. The third-order valence-corrected chi connectivity index (χ3v) is 6.49. The van der Waals surface area contributed by atoms with E-state index >= 15 is 0 Å². The van der Waals surface area contributed by atoms with Crippen molar-refractivity contribution in [3.63, 3.8) is 0 Å². The number of esters is 1. The summed E-state index contributed by atoms with van der Waals surface area (Å²) < 4.78 is 8.28. The molecule has 5 aromatic rings. The van der Waals surface area contributed by atoms with Gasteiger partial charge in [0, 0.05) is 18.1 Å². The van der Waals surface area contributed by atoms with E-state index in [9.17, 15) is 14.9 Å². The minimum absolute atomic E-state index is 0.238. The Balaban J connectivity index is 1.65. The number of benzene rings is 2. The molecule has 0 aliphatic heterocycles. The van der Waals surface area contributed by atoms with Gasteiger partial charge in [-0.2, -0.15) is 5.26 Å². The lowest BCUT2D eigenvalue weighted by Crippen LogP contribution is -2.22. The number of carbonyl (C=O) groups is 1. The lowest BCUT2D eigenvalue weighted by atomic mass is 10.1. The van der Waals surface area contributed by atoms with E-state index in [4.69, 9.17) is 9.72 Å². The highest BCUT2D eigenvalue weighted by molar-refractivity contribution is 7.98. The molecule has 3 aromatic heterocycles. The average molecular weight is 467 g/mol. The molecule has 8 heteroatoms. The van der Waals surface area contributed by atoms with Crippen molar-refractivity contribution in [1.29, 1.82) is 5.26 Å². The smallest absolute Gasteiger partial charge is 0.337 e. The Labute approximate surface area is 198 Å².